The summed E-state index contributed by atoms with van der Waals surface area (Å²) >= 11 is 0. The summed E-state index contributed by atoms with van der Waals surface area (Å²) < 4.78 is 2.15. The number of aromatic nitrogens is 1. The first-order chi connectivity index (χ1) is 11.7. The number of guanidine groups is 1. The number of hydrogen-bond donors (Lipinski definition) is 2. The predicted octanol–water partition coefficient (Wildman–Crippen LogP) is 2.17. The molecular weight excluding hydrogens is 298 g/mol. The van der Waals surface area contributed by atoms with Gasteiger partial charge in [-0.25, -0.2) is 0 Å². The van der Waals surface area contributed by atoms with Gasteiger partial charge in [0.1, 0.15) is 0 Å². The quantitative estimate of drug-likeness (QED) is 0.577. The third kappa shape index (κ3) is 6.08. The maximum atomic E-state index is 4.29. The Balaban J connectivity index is 1.69. The van der Waals surface area contributed by atoms with Crippen LogP contribution in [0.25, 0.3) is 0 Å². The van der Waals surface area contributed by atoms with E-state index in [0.717, 1.165) is 32.1 Å². The van der Waals surface area contributed by atoms with Crippen LogP contribution in [0.1, 0.15) is 12.5 Å². The molecule has 130 valence electrons. The zero-order chi connectivity index (χ0) is 17.2. The summed E-state index contributed by atoms with van der Waals surface area (Å²) in [6, 6.07) is 15.0. The molecule has 2 aromatic rings. The van der Waals surface area contributed by atoms with Crippen molar-refractivity contribution in [3.05, 3.63) is 60.4 Å². The molecule has 1 aromatic carbocycles. The lowest BCUT2D eigenvalue weighted by molar-refractivity contribution is 0.249. The van der Waals surface area contributed by atoms with Crippen molar-refractivity contribution < 1.29 is 0 Å². The Hall–Kier alpha value is -2.27. The average molecular weight is 327 g/mol. The highest BCUT2D eigenvalue weighted by Crippen LogP contribution is 2.05. The Kier molecular flexibility index (Phi) is 7.36. The van der Waals surface area contributed by atoms with Crippen molar-refractivity contribution in [3.63, 3.8) is 0 Å². The lowest BCUT2D eigenvalue weighted by Gasteiger charge is -2.25. The molecule has 0 spiro atoms. The molecular formula is C19H29N5. The van der Waals surface area contributed by atoms with E-state index in [9.17, 15) is 0 Å². The topological polar surface area (TPSA) is 44.6 Å². The van der Waals surface area contributed by atoms with Crippen LogP contribution in [0.2, 0.25) is 0 Å². The Morgan fingerprint density at radius 3 is 2.50 bits per heavy atom. The van der Waals surface area contributed by atoms with Gasteiger partial charge in [0, 0.05) is 51.7 Å². The molecule has 1 unspecified atom stereocenters. The number of nitrogens with one attached hydrogen (secondary N) is 2. The molecule has 2 rings (SSSR count). The van der Waals surface area contributed by atoms with Gasteiger partial charge in [-0.2, -0.15) is 0 Å². The summed E-state index contributed by atoms with van der Waals surface area (Å²) in [4.78, 5) is 6.63. The molecule has 0 amide bonds. The number of rotatable bonds is 8. The van der Waals surface area contributed by atoms with Crippen molar-refractivity contribution in [2.75, 3.05) is 27.2 Å². The summed E-state index contributed by atoms with van der Waals surface area (Å²) in [5, 5.41) is 6.76. The molecule has 0 saturated heterocycles. The molecule has 5 nitrogen and oxygen atoms in total. The average Bonchev–Trinajstić information content (AvgIpc) is 3.12. The summed E-state index contributed by atoms with van der Waals surface area (Å²) in [7, 11) is 3.96. The van der Waals surface area contributed by atoms with Crippen LogP contribution in [0, 0.1) is 0 Å². The van der Waals surface area contributed by atoms with Gasteiger partial charge in [0.05, 0.1) is 0 Å². The highest BCUT2D eigenvalue weighted by molar-refractivity contribution is 5.79. The smallest absolute Gasteiger partial charge is 0.191 e. The molecule has 0 fully saturated rings. The van der Waals surface area contributed by atoms with Crippen LogP contribution >= 0.6 is 0 Å². The van der Waals surface area contributed by atoms with E-state index in [2.05, 4.69) is 81.8 Å². The van der Waals surface area contributed by atoms with Gasteiger partial charge in [-0.3, -0.25) is 9.89 Å². The fourth-order valence-corrected chi connectivity index (χ4v) is 2.47. The van der Waals surface area contributed by atoms with E-state index in [-0.39, 0.29) is 0 Å². The third-order valence-electron chi connectivity index (χ3n) is 4.14. The molecule has 0 aliphatic carbocycles. The molecule has 1 heterocycles. The van der Waals surface area contributed by atoms with Gasteiger partial charge in [-0.1, -0.05) is 30.3 Å². The monoisotopic (exact) mass is 327 g/mol. The van der Waals surface area contributed by atoms with Crippen molar-refractivity contribution >= 4 is 5.96 Å². The van der Waals surface area contributed by atoms with Gasteiger partial charge < -0.3 is 15.2 Å². The Morgan fingerprint density at radius 1 is 1.12 bits per heavy atom. The van der Waals surface area contributed by atoms with Crippen molar-refractivity contribution in [2.24, 2.45) is 4.99 Å². The van der Waals surface area contributed by atoms with E-state index in [0.29, 0.717) is 6.04 Å². The molecule has 1 aromatic heterocycles. The van der Waals surface area contributed by atoms with Crippen molar-refractivity contribution in [2.45, 2.75) is 26.1 Å². The van der Waals surface area contributed by atoms with E-state index in [1.165, 1.54) is 5.56 Å². The molecule has 0 radical (unpaired) electrons. The second kappa shape index (κ2) is 9.78. The van der Waals surface area contributed by atoms with Gasteiger partial charge in [-0.05, 0) is 31.7 Å². The largest absolute Gasteiger partial charge is 0.355 e. The van der Waals surface area contributed by atoms with Crippen molar-refractivity contribution in [3.8, 4) is 0 Å². The van der Waals surface area contributed by atoms with E-state index in [1.807, 2.05) is 19.2 Å². The zero-order valence-electron chi connectivity index (χ0n) is 14.9. The second-order valence-electron chi connectivity index (χ2n) is 6.05. The molecule has 0 saturated carbocycles. The van der Waals surface area contributed by atoms with Gasteiger partial charge in [0.15, 0.2) is 5.96 Å². The maximum Gasteiger partial charge on any atom is 0.191 e. The van der Waals surface area contributed by atoms with Crippen LogP contribution in [0.5, 0.6) is 0 Å². The minimum Gasteiger partial charge on any atom is -0.355 e. The van der Waals surface area contributed by atoms with Gasteiger partial charge in [0.2, 0.25) is 0 Å². The summed E-state index contributed by atoms with van der Waals surface area (Å²) in [6.45, 7) is 5.80. The third-order valence-corrected chi connectivity index (χ3v) is 4.14. The van der Waals surface area contributed by atoms with Crippen LogP contribution in [0.15, 0.2) is 59.9 Å². The van der Waals surface area contributed by atoms with Crippen LogP contribution in [0.4, 0.5) is 0 Å². The number of benzene rings is 1. The van der Waals surface area contributed by atoms with Crippen molar-refractivity contribution in [1.29, 1.82) is 0 Å². The van der Waals surface area contributed by atoms with Crippen LogP contribution in [-0.4, -0.2) is 48.7 Å². The second-order valence-corrected chi connectivity index (χ2v) is 6.05. The standard InChI is InChI=1S/C19H29N5/c1-17(23(3)16-18-9-5-4-6-10-18)15-22-19(20-2)21-11-14-24-12-7-8-13-24/h4-10,12-13,17H,11,14-16H2,1-3H3,(H2,20,21,22). The number of aliphatic imine (C=N–C) groups is 1. The van der Waals surface area contributed by atoms with Crippen LogP contribution in [-0.2, 0) is 13.1 Å². The first kappa shape index (κ1) is 18.1. The molecule has 2 N–H and O–H groups in total. The number of likely N-dealkylation sites (N-methyl/N-ethyl adjacent to an activating group) is 1. The van der Waals surface area contributed by atoms with E-state index in [1.54, 1.807) is 0 Å². The maximum absolute atomic E-state index is 4.29. The lowest BCUT2D eigenvalue weighted by atomic mass is 10.2. The van der Waals surface area contributed by atoms with E-state index >= 15 is 0 Å². The predicted molar refractivity (Wildman–Crippen MR) is 101 cm³/mol. The summed E-state index contributed by atoms with van der Waals surface area (Å²) in [6.07, 6.45) is 4.14. The molecule has 1 atom stereocenters. The first-order valence-electron chi connectivity index (χ1n) is 8.48. The lowest BCUT2D eigenvalue weighted by Crippen LogP contribution is -2.45. The first-order valence-corrected chi connectivity index (χ1v) is 8.48. The van der Waals surface area contributed by atoms with Gasteiger partial charge >= 0.3 is 0 Å². The highest BCUT2D eigenvalue weighted by atomic mass is 15.2. The minimum atomic E-state index is 0.410. The number of hydrogen-bond acceptors (Lipinski definition) is 2. The fraction of sp³-hybridized carbons (Fsp3) is 0.421. The fourth-order valence-electron chi connectivity index (χ4n) is 2.47. The Morgan fingerprint density at radius 2 is 1.83 bits per heavy atom. The molecule has 0 bridgehead atoms. The Labute approximate surface area is 145 Å². The van der Waals surface area contributed by atoms with Crippen molar-refractivity contribution in [1.82, 2.24) is 20.1 Å². The normalized spacial score (nSPS) is 13.1. The van der Waals surface area contributed by atoms with Crippen LogP contribution < -0.4 is 10.6 Å². The SMILES string of the molecule is CN=C(NCCn1cccc1)NCC(C)N(C)Cc1ccccc1. The van der Waals surface area contributed by atoms with Gasteiger partial charge in [0.25, 0.3) is 0 Å². The molecule has 0 aliphatic heterocycles. The highest BCUT2D eigenvalue weighted by Gasteiger charge is 2.10. The number of nitrogens with zero attached hydrogens (tertiary/aromatic N) is 3. The molecule has 24 heavy (non-hydrogen) atoms. The Bertz CT molecular complexity index is 591. The summed E-state index contributed by atoms with van der Waals surface area (Å²) in [5.74, 6) is 0.849. The summed E-state index contributed by atoms with van der Waals surface area (Å²) in [5.41, 5.74) is 1.33. The van der Waals surface area contributed by atoms with Gasteiger partial charge in [-0.15, -0.1) is 0 Å². The van der Waals surface area contributed by atoms with E-state index < -0.39 is 0 Å². The van der Waals surface area contributed by atoms with Crippen LogP contribution in [0.3, 0.4) is 0 Å². The van der Waals surface area contributed by atoms with E-state index in [4.69, 9.17) is 0 Å². The molecule has 0 aliphatic rings. The molecule has 5 heteroatoms. The minimum absolute atomic E-state index is 0.410. The zero-order valence-corrected chi connectivity index (χ0v) is 14.9.